The van der Waals surface area contributed by atoms with Crippen LogP contribution in [0.2, 0.25) is 0 Å². The van der Waals surface area contributed by atoms with Gasteiger partial charge in [-0.2, -0.15) is 0 Å². The van der Waals surface area contributed by atoms with Crippen LogP contribution in [0.5, 0.6) is 0 Å². The zero-order valence-corrected chi connectivity index (χ0v) is 13.1. The van der Waals surface area contributed by atoms with Crippen LogP contribution >= 0.6 is 0 Å². The normalized spacial score (nSPS) is 11.3. The van der Waals surface area contributed by atoms with Gasteiger partial charge in [0.05, 0.1) is 5.69 Å². The molecule has 0 amide bonds. The van der Waals surface area contributed by atoms with Crippen LogP contribution in [0.15, 0.2) is 30.5 Å². The van der Waals surface area contributed by atoms with E-state index in [2.05, 4.69) is 73.0 Å². The number of aromatic nitrogens is 2. The first kappa shape index (κ1) is 14.6. The first-order valence-corrected chi connectivity index (χ1v) is 7.37. The van der Waals surface area contributed by atoms with Crippen molar-refractivity contribution in [3.63, 3.8) is 0 Å². The quantitative estimate of drug-likeness (QED) is 0.875. The Balaban J connectivity index is 2.27. The average molecular weight is 271 g/mol. The molecule has 0 fully saturated rings. The molecule has 2 rings (SSSR count). The van der Waals surface area contributed by atoms with Crippen molar-refractivity contribution in [2.45, 2.75) is 40.5 Å². The van der Waals surface area contributed by atoms with E-state index in [1.165, 1.54) is 5.56 Å². The molecule has 1 aromatic carbocycles. The van der Waals surface area contributed by atoms with Crippen LogP contribution in [0.25, 0.3) is 5.69 Å². The van der Waals surface area contributed by atoms with Gasteiger partial charge in [0, 0.05) is 18.4 Å². The minimum absolute atomic E-state index is 0.562. The van der Waals surface area contributed by atoms with Crippen LogP contribution in [0.1, 0.15) is 44.9 Å². The fourth-order valence-electron chi connectivity index (χ4n) is 2.13. The second kappa shape index (κ2) is 6.12. The number of aryl methyl sites for hydroxylation is 1. The molecule has 0 spiro atoms. The van der Waals surface area contributed by atoms with Crippen molar-refractivity contribution in [2.75, 3.05) is 11.9 Å². The summed E-state index contributed by atoms with van der Waals surface area (Å²) >= 11 is 0. The van der Waals surface area contributed by atoms with Crippen LogP contribution in [0.3, 0.4) is 0 Å². The number of nitrogens with one attached hydrogen (secondary N) is 1. The van der Waals surface area contributed by atoms with Crippen molar-refractivity contribution in [1.82, 2.24) is 9.55 Å². The highest BCUT2D eigenvalue weighted by Gasteiger charge is 2.08. The molecule has 0 aliphatic heterocycles. The maximum Gasteiger partial charge on any atom is 0.207 e. The highest BCUT2D eigenvalue weighted by molar-refractivity contribution is 5.44. The Morgan fingerprint density at radius 3 is 2.30 bits per heavy atom. The second-order valence-electron chi connectivity index (χ2n) is 6.10. The number of anilines is 1. The number of hydrogen-bond acceptors (Lipinski definition) is 2. The monoisotopic (exact) mass is 271 g/mol. The zero-order valence-electron chi connectivity index (χ0n) is 13.1. The van der Waals surface area contributed by atoms with E-state index in [-0.39, 0.29) is 0 Å². The number of nitrogens with zero attached hydrogens (tertiary/aromatic N) is 2. The van der Waals surface area contributed by atoms with Gasteiger partial charge < -0.3 is 5.32 Å². The highest BCUT2D eigenvalue weighted by atomic mass is 15.2. The van der Waals surface area contributed by atoms with Crippen molar-refractivity contribution in [1.29, 1.82) is 0 Å². The molecule has 20 heavy (non-hydrogen) atoms. The molecule has 0 aliphatic rings. The predicted molar refractivity (Wildman–Crippen MR) is 85.7 cm³/mol. The van der Waals surface area contributed by atoms with Crippen LogP contribution in [-0.4, -0.2) is 16.1 Å². The van der Waals surface area contributed by atoms with Gasteiger partial charge in [-0.3, -0.25) is 4.57 Å². The summed E-state index contributed by atoms with van der Waals surface area (Å²) in [5.41, 5.74) is 3.55. The van der Waals surface area contributed by atoms with E-state index in [0.717, 1.165) is 23.9 Å². The van der Waals surface area contributed by atoms with Crippen molar-refractivity contribution in [3.05, 3.63) is 41.7 Å². The fraction of sp³-hybridized carbons (Fsp3) is 0.471. The maximum atomic E-state index is 4.57. The standard InChI is InChI=1S/C17H25N3/c1-12(2)10-18-17-19-14(5)11-20(17)16-8-6-15(7-9-16)13(3)4/h6-9,11-13H,10H2,1-5H3,(H,18,19). The predicted octanol–water partition coefficient (Wildman–Crippen LogP) is 4.37. The lowest BCUT2D eigenvalue weighted by molar-refractivity contribution is 0.683. The Morgan fingerprint density at radius 2 is 1.75 bits per heavy atom. The largest absolute Gasteiger partial charge is 0.355 e. The van der Waals surface area contributed by atoms with Gasteiger partial charge in [0.2, 0.25) is 5.95 Å². The zero-order chi connectivity index (χ0) is 14.7. The van der Waals surface area contributed by atoms with E-state index in [9.17, 15) is 0 Å². The SMILES string of the molecule is Cc1cn(-c2ccc(C(C)C)cc2)c(NCC(C)C)n1. The molecule has 0 radical (unpaired) electrons. The third kappa shape index (κ3) is 3.41. The first-order valence-electron chi connectivity index (χ1n) is 7.37. The smallest absolute Gasteiger partial charge is 0.207 e. The third-order valence-corrected chi connectivity index (χ3v) is 3.33. The summed E-state index contributed by atoms with van der Waals surface area (Å²) in [6, 6.07) is 8.72. The van der Waals surface area contributed by atoms with E-state index >= 15 is 0 Å². The van der Waals surface area contributed by atoms with E-state index in [1.54, 1.807) is 0 Å². The molecule has 1 aromatic heterocycles. The van der Waals surface area contributed by atoms with E-state index in [4.69, 9.17) is 0 Å². The summed E-state index contributed by atoms with van der Waals surface area (Å²) < 4.78 is 2.13. The number of benzene rings is 1. The topological polar surface area (TPSA) is 29.9 Å². The number of hydrogen-bond donors (Lipinski definition) is 1. The lowest BCUT2D eigenvalue weighted by atomic mass is 10.0. The van der Waals surface area contributed by atoms with Gasteiger partial charge in [-0.05, 0) is 36.5 Å². The third-order valence-electron chi connectivity index (χ3n) is 3.33. The van der Waals surface area contributed by atoms with Gasteiger partial charge in [0.25, 0.3) is 0 Å². The molecule has 0 saturated carbocycles. The van der Waals surface area contributed by atoms with Gasteiger partial charge in [-0.1, -0.05) is 39.8 Å². The summed E-state index contributed by atoms with van der Waals surface area (Å²) in [4.78, 5) is 4.57. The molecule has 3 nitrogen and oxygen atoms in total. The lowest BCUT2D eigenvalue weighted by Crippen LogP contribution is -2.12. The summed E-state index contributed by atoms with van der Waals surface area (Å²) in [6.45, 7) is 11.8. The maximum absolute atomic E-state index is 4.57. The Bertz CT molecular complexity index is 550. The molecule has 108 valence electrons. The molecule has 0 atom stereocenters. The molecular weight excluding hydrogens is 246 g/mol. The van der Waals surface area contributed by atoms with Crippen molar-refractivity contribution in [3.8, 4) is 5.69 Å². The molecule has 0 unspecified atom stereocenters. The number of rotatable bonds is 5. The Labute approximate surface area is 122 Å². The molecule has 0 saturated heterocycles. The molecular formula is C17H25N3. The van der Waals surface area contributed by atoms with Gasteiger partial charge in [-0.15, -0.1) is 0 Å². The molecule has 3 heteroatoms. The van der Waals surface area contributed by atoms with Gasteiger partial charge in [0.15, 0.2) is 0 Å². The van der Waals surface area contributed by atoms with E-state index in [1.807, 2.05) is 6.92 Å². The number of imidazole rings is 1. The van der Waals surface area contributed by atoms with Gasteiger partial charge >= 0.3 is 0 Å². The minimum atomic E-state index is 0.562. The summed E-state index contributed by atoms with van der Waals surface area (Å²) in [6.07, 6.45) is 2.08. The Hall–Kier alpha value is -1.77. The van der Waals surface area contributed by atoms with Crippen molar-refractivity contribution < 1.29 is 0 Å². The van der Waals surface area contributed by atoms with Gasteiger partial charge in [-0.25, -0.2) is 4.98 Å². The lowest BCUT2D eigenvalue weighted by Gasteiger charge is -2.12. The Kier molecular flexibility index (Phi) is 4.48. The highest BCUT2D eigenvalue weighted by Crippen LogP contribution is 2.20. The molecule has 1 N–H and O–H groups in total. The van der Waals surface area contributed by atoms with Crippen molar-refractivity contribution >= 4 is 5.95 Å². The van der Waals surface area contributed by atoms with Crippen LogP contribution in [-0.2, 0) is 0 Å². The summed E-state index contributed by atoms with van der Waals surface area (Å²) in [7, 11) is 0. The fourth-order valence-corrected chi connectivity index (χ4v) is 2.13. The molecule has 0 bridgehead atoms. The van der Waals surface area contributed by atoms with Crippen LogP contribution in [0.4, 0.5) is 5.95 Å². The minimum Gasteiger partial charge on any atom is -0.355 e. The second-order valence-corrected chi connectivity index (χ2v) is 6.10. The molecule has 2 aromatic rings. The Morgan fingerprint density at radius 1 is 1.10 bits per heavy atom. The summed E-state index contributed by atoms with van der Waals surface area (Å²) in [5, 5.41) is 3.42. The summed E-state index contributed by atoms with van der Waals surface area (Å²) in [5.74, 6) is 2.09. The molecule has 0 aliphatic carbocycles. The van der Waals surface area contributed by atoms with Crippen molar-refractivity contribution in [2.24, 2.45) is 5.92 Å². The first-order chi connectivity index (χ1) is 9.47. The van der Waals surface area contributed by atoms with Gasteiger partial charge in [0.1, 0.15) is 0 Å². The van der Waals surface area contributed by atoms with Crippen LogP contribution < -0.4 is 5.32 Å². The average Bonchev–Trinajstić information content (AvgIpc) is 2.77. The molecule has 1 heterocycles. The van der Waals surface area contributed by atoms with Crippen LogP contribution in [0, 0.1) is 12.8 Å². The van der Waals surface area contributed by atoms with E-state index in [0.29, 0.717) is 11.8 Å². The van der Waals surface area contributed by atoms with E-state index < -0.39 is 0 Å².